The van der Waals surface area contributed by atoms with Gasteiger partial charge in [-0.05, 0) is 16.7 Å². The van der Waals surface area contributed by atoms with Crippen molar-refractivity contribution < 1.29 is 4.79 Å². The summed E-state index contributed by atoms with van der Waals surface area (Å²) in [5.74, 6) is 0.0441. The van der Waals surface area contributed by atoms with Gasteiger partial charge in [-0.15, -0.1) is 0 Å². The van der Waals surface area contributed by atoms with Crippen LogP contribution in [0.25, 0.3) is 16.1 Å². The van der Waals surface area contributed by atoms with Gasteiger partial charge in [0.25, 0.3) is 0 Å². The zero-order valence-electron chi connectivity index (χ0n) is 17.3. The van der Waals surface area contributed by atoms with Crippen LogP contribution in [0.4, 0.5) is 0 Å². The molecule has 0 saturated heterocycles. The molecule has 3 heteroatoms. The van der Waals surface area contributed by atoms with Crippen LogP contribution in [0.2, 0.25) is 0 Å². The molecular weight excluding hydrogens is 428 g/mol. The Labute approximate surface area is 196 Å². The molecular formula is C29H20OS2. The molecule has 0 aliphatic carbocycles. The molecule has 0 atom stereocenters. The minimum absolute atomic E-state index is 0.0441. The highest BCUT2D eigenvalue weighted by molar-refractivity contribution is 8.82. The second-order valence-electron chi connectivity index (χ2n) is 7.37. The van der Waals surface area contributed by atoms with Gasteiger partial charge in [0, 0.05) is 26.5 Å². The molecule has 0 unspecified atom stereocenters. The minimum atomic E-state index is 0.0441. The Balaban J connectivity index is 1.80. The van der Waals surface area contributed by atoms with E-state index >= 15 is 0 Å². The van der Waals surface area contributed by atoms with Crippen molar-refractivity contribution in [3.63, 3.8) is 0 Å². The van der Waals surface area contributed by atoms with Gasteiger partial charge in [0.2, 0.25) is 0 Å². The summed E-state index contributed by atoms with van der Waals surface area (Å²) in [5.41, 5.74) is 5.79. The quantitative estimate of drug-likeness (QED) is 0.174. The van der Waals surface area contributed by atoms with Gasteiger partial charge in [-0.3, -0.25) is 4.79 Å². The molecule has 0 bridgehead atoms. The largest absolute Gasteiger partial charge is 0.289 e. The molecule has 0 aromatic heterocycles. The van der Waals surface area contributed by atoms with Crippen molar-refractivity contribution in [2.45, 2.75) is 0 Å². The van der Waals surface area contributed by atoms with Crippen molar-refractivity contribution in [3.8, 4) is 0 Å². The Morgan fingerprint density at radius 2 is 0.969 bits per heavy atom. The molecule has 32 heavy (non-hydrogen) atoms. The van der Waals surface area contributed by atoms with E-state index in [1.165, 1.54) is 10.5 Å². The molecule has 5 rings (SSSR count). The Bertz CT molecular complexity index is 1290. The molecule has 4 aromatic rings. The lowest BCUT2D eigenvalue weighted by Crippen LogP contribution is -2.05. The standard InChI is InChI=1S/C29H20OS2/c30-27(23-17-9-3-10-18-23)25(21-13-5-1-6-14-21)29-26(22-15-7-2-8-16-22)28(31-32-29)24-19-11-4-12-20-24/h1-20H/b29-25-. The molecule has 154 valence electrons. The highest BCUT2D eigenvalue weighted by Crippen LogP contribution is 2.59. The summed E-state index contributed by atoms with van der Waals surface area (Å²) in [6, 6.07) is 40.4. The fraction of sp³-hybridized carbons (Fsp3) is 0. The first-order valence-electron chi connectivity index (χ1n) is 10.4. The van der Waals surface area contributed by atoms with Crippen LogP contribution in [0.3, 0.4) is 0 Å². The Morgan fingerprint density at radius 3 is 1.53 bits per heavy atom. The molecule has 1 aliphatic heterocycles. The second kappa shape index (κ2) is 9.47. The number of carbonyl (C=O) groups excluding carboxylic acids is 1. The van der Waals surface area contributed by atoms with Gasteiger partial charge in [-0.1, -0.05) is 143 Å². The van der Waals surface area contributed by atoms with E-state index in [1.807, 2.05) is 72.8 Å². The third-order valence-corrected chi connectivity index (χ3v) is 7.83. The maximum absolute atomic E-state index is 13.8. The first-order chi connectivity index (χ1) is 15.8. The predicted octanol–water partition coefficient (Wildman–Crippen LogP) is 8.24. The number of benzene rings is 4. The molecule has 0 radical (unpaired) electrons. The summed E-state index contributed by atoms with van der Waals surface area (Å²) in [4.78, 5) is 16.0. The lowest BCUT2D eigenvalue weighted by molar-refractivity contribution is 0.105. The zero-order valence-corrected chi connectivity index (χ0v) is 18.9. The lowest BCUT2D eigenvalue weighted by Gasteiger charge is -2.14. The monoisotopic (exact) mass is 448 g/mol. The molecule has 0 fully saturated rings. The zero-order chi connectivity index (χ0) is 21.8. The number of ketones is 1. The normalized spacial score (nSPS) is 15.0. The maximum atomic E-state index is 13.8. The molecule has 4 aromatic carbocycles. The van der Waals surface area contributed by atoms with Crippen LogP contribution in [0, 0.1) is 0 Å². The van der Waals surface area contributed by atoms with Crippen LogP contribution in [-0.4, -0.2) is 5.78 Å². The number of allylic oxidation sites excluding steroid dienone is 2. The fourth-order valence-electron chi connectivity index (χ4n) is 3.79. The summed E-state index contributed by atoms with van der Waals surface area (Å²) < 4.78 is 0. The second-order valence-corrected chi connectivity index (χ2v) is 9.52. The van der Waals surface area contributed by atoms with Crippen molar-refractivity contribution in [2.75, 3.05) is 0 Å². The number of hydrogen-bond acceptors (Lipinski definition) is 3. The molecule has 0 N–H and O–H groups in total. The lowest BCUT2D eigenvalue weighted by atomic mass is 9.91. The van der Waals surface area contributed by atoms with Crippen molar-refractivity contribution >= 4 is 43.4 Å². The predicted molar refractivity (Wildman–Crippen MR) is 139 cm³/mol. The third-order valence-electron chi connectivity index (χ3n) is 5.31. The molecule has 0 spiro atoms. The topological polar surface area (TPSA) is 17.1 Å². The minimum Gasteiger partial charge on any atom is -0.289 e. The highest BCUT2D eigenvalue weighted by Gasteiger charge is 2.30. The fourth-order valence-corrected chi connectivity index (χ4v) is 6.69. The Kier molecular flexibility index (Phi) is 6.11. The van der Waals surface area contributed by atoms with Gasteiger partial charge in [0.1, 0.15) is 0 Å². The summed E-state index contributed by atoms with van der Waals surface area (Å²) >= 11 is 0. The van der Waals surface area contributed by atoms with Gasteiger partial charge >= 0.3 is 0 Å². The van der Waals surface area contributed by atoms with E-state index in [1.54, 1.807) is 21.6 Å². The smallest absolute Gasteiger partial charge is 0.194 e. The molecule has 1 aliphatic rings. The van der Waals surface area contributed by atoms with Gasteiger partial charge in [-0.25, -0.2) is 0 Å². The number of hydrogen-bond donors (Lipinski definition) is 0. The summed E-state index contributed by atoms with van der Waals surface area (Å²) in [7, 11) is 3.40. The molecule has 1 heterocycles. The molecule has 0 amide bonds. The Hall–Kier alpha value is -3.27. The van der Waals surface area contributed by atoms with E-state index in [-0.39, 0.29) is 5.78 Å². The first kappa shape index (κ1) is 20.6. The van der Waals surface area contributed by atoms with Crippen LogP contribution >= 0.6 is 21.6 Å². The van der Waals surface area contributed by atoms with Crippen molar-refractivity contribution in [1.82, 2.24) is 0 Å². The average molecular weight is 449 g/mol. The van der Waals surface area contributed by atoms with Crippen LogP contribution in [0.15, 0.2) is 126 Å². The van der Waals surface area contributed by atoms with Crippen molar-refractivity contribution in [3.05, 3.63) is 148 Å². The van der Waals surface area contributed by atoms with Crippen molar-refractivity contribution in [2.24, 2.45) is 0 Å². The first-order valence-corrected chi connectivity index (χ1v) is 12.6. The highest BCUT2D eigenvalue weighted by atomic mass is 33.1. The number of rotatable bonds is 5. The van der Waals surface area contributed by atoms with Gasteiger partial charge in [0.15, 0.2) is 5.78 Å². The van der Waals surface area contributed by atoms with E-state index in [9.17, 15) is 4.79 Å². The SMILES string of the molecule is O=C(/C(=C1\SSC(c2ccccc2)=C1c1ccccc1)c1ccccc1)c1ccccc1. The van der Waals surface area contributed by atoms with Crippen LogP contribution in [0.1, 0.15) is 27.0 Å². The maximum Gasteiger partial charge on any atom is 0.194 e. The van der Waals surface area contributed by atoms with E-state index in [2.05, 4.69) is 48.5 Å². The van der Waals surface area contributed by atoms with E-state index < -0.39 is 0 Å². The summed E-state index contributed by atoms with van der Waals surface area (Å²) in [6.07, 6.45) is 0. The number of Topliss-reactive ketones (excluding diaryl/α,β-unsaturated/α-hetero) is 1. The van der Waals surface area contributed by atoms with Crippen molar-refractivity contribution in [1.29, 1.82) is 0 Å². The van der Waals surface area contributed by atoms with Gasteiger partial charge in [0.05, 0.1) is 0 Å². The summed E-state index contributed by atoms with van der Waals surface area (Å²) in [6.45, 7) is 0. The molecule has 1 nitrogen and oxygen atoms in total. The number of carbonyl (C=O) groups is 1. The van der Waals surface area contributed by atoms with E-state index in [0.29, 0.717) is 5.56 Å². The van der Waals surface area contributed by atoms with Gasteiger partial charge in [-0.2, -0.15) is 0 Å². The van der Waals surface area contributed by atoms with Crippen LogP contribution in [-0.2, 0) is 0 Å². The van der Waals surface area contributed by atoms with Gasteiger partial charge < -0.3 is 0 Å². The third kappa shape index (κ3) is 4.10. The van der Waals surface area contributed by atoms with E-state index in [4.69, 9.17) is 0 Å². The average Bonchev–Trinajstić information content (AvgIpc) is 3.31. The van der Waals surface area contributed by atoms with Crippen LogP contribution < -0.4 is 0 Å². The van der Waals surface area contributed by atoms with E-state index in [0.717, 1.165) is 27.2 Å². The summed E-state index contributed by atoms with van der Waals surface area (Å²) in [5, 5.41) is 0. The Morgan fingerprint density at radius 1 is 0.500 bits per heavy atom. The van der Waals surface area contributed by atoms with Crippen LogP contribution in [0.5, 0.6) is 0 Å². The molecule has 0 saturated carbocycles.